The number of aromatic nitrogens is 2. The van der Waals surface area contributed by atoms with Crippen molar-refractivity contribution in [1.29, 1.82) is 0 Å². The molecule has 0 amide bonds. The summed E-state index contributed by atoms with van der Waals surface area (Å²) in [7, 11) is 0. The lowest BCUT2D eigenvalue weighted by Crippen LogP contribution is -2.24. The number of nitrogens with one attached hydrogen (secondary N) is 1. The number of hydrogen-bond donors (Lipinski definition) is 1. The van der Waals surface area contributed by atoms with Gasteiger partial charge in [0.05, 0.1) is 6.20 Å². The van der Waals surface area contributed by atoms with E-state index in [0.29, 0.717) is 6.04 Å². The molecule has 1 unspecified atom stereocenters. The van der Waals surface area contributed by atoms with Crippen LogP contribution >= 0.6 is 0 Å². The Balaban J connectivity index is 2.20. The molecule has 1 heterocycles. The summed E-state index contributed by atoms with van der Waals surface area (Å²) in [6, 6.07) is 7.10. The van der Waals surface area contributed by atoms with E-state index in [1.807, 2.05) is 10.9 Å². The van der Waals surface area contributed by atoms with Crippen LogP contribution in [0.15, 0.2) is 30.6 Å². The van der Waals surface area contributed by atoms with Crippen molar-refractivity contribution < 1.29 is 0 Å². The van der Waals surface area contributed by atoms with Gasteiger partial charge in [0.25, 0.3) is 0 Å². The fourth-order valence-electron chi connectivity index (χ4n) is 2.75. The number of benzene rings is 1. The number of nitrogens with zero attached hydrogens (tertiary/aromatic N) is 2. The maximum atomic E-state index is 4.39. The first kappa shape index (κ1) is 15.8. The molecule has 0 fully saturated rings. The van der Waals surface area contributed by atoms with Crippen LogP contribution < -0.4 is 5.32 Å². The van der Waals surface area contributed by atoms with E-state index in [0.717, 1.165) is 25.9 Å². The van der Waals surface area contributed by atoms with Gasteiger partial charge in [-0.2, -0.15) is 5.10 Å². The topological polar surface area (TPSA) is 29.9 Å². The van der Waals surface area contributed by atoms with Crippen molar-refractivity contribution in [3.8, 4) is 0 Å². The molecule has 0 aliphatic rings. The second-order valence-corrected chi connectivity index (χ2v) is 5.78. The largest absolute Gasteiger partial charge is 0.310 e. The van der Waals surface area contributed by atoms with E-state index in [2.05, 4.69) is 62.5 Å². The first-order valence-electron chi connectivity index (χ1n) is 7.95. The predicted octanol–water partition coefficient (Wildman–Crippen LogP) is 3.80. The minimum absolute atomic E-state index is 0.361. The van der Waals surface area contributed by atoms with Crippen LogP contribution in [0.3, 0.4) is 0 Å². The molecule has 21 heavy (non-hydrogen) atoms. The highest BCUT2D eigenvalue weighted by atomic mass is 15.3. The van der Waals surface area contributed by atoms with Crippen molar-refractivity contribution in [3.05, 3.63) is 52.8 Å². The van der Waals surface area contributed by atoms with Gasteiger partial charge in [-0.05, 0) is 56.8 Å². The van der Waals surface area contributed by atoms with Crippen LogP contribution in [-0.2, 0) is 13.0 Å². The van der Waals surface area contributed by atoms with Crippen LogP contribution in [0.5, 0.6) is 0 Å². The minimum atomic E-state index is 0.361. The highest BCUT2D eigenvalue weighted by molar-refractivity contribution is 5.33. The molecule has 3 nitrogen and oxygen atoms in total. The normalized spacial score (nSPS) is 12.6. The first-order valence-corrected chi connectivity index (χ1v) is 7.95. The van der Waals surface area contributed by atoms with Crippen molar-refractivity contribution >= 4 is 0 Å². The average molecular weight is 285 g/mol. The summed E-state index contributed by atoms with van der Waals surface area (Å²) in [4.78, 5) is 0. The van der Waals surface area contributed by atoms with Crippen molar-refractivity contribution in [1.82, 2.24) is 15.1 Å². The lowest BCUT2D eigenvalue weighted by molar-refractivity contribution is 0.526. The Morgan fingerprint density at radius 1 is 1.24 bits per heavy atom. The summed E-state index contributed by atoms with van der Waals surface area (Å²) in [6.45, 7) is 10.7. The highest BCUT2D eigenvalue weighted by Crippen LogP contribution is 2.22. The van der Waals surface area contributed by atoms with Gasteiger partial charge in [-0.25, -0.2) is 0 Å². The molecular formula is C18H27N3. The Morgan fingerprint density at radius 2 is 2.05 bits per heavy atom. The fourth-order valence-corrected chi connectivity index (χ4v) is 2.75. The Labute approximate surface area is 128 Å². The van der Waals surface area contributed by atoms with Gasteiger partial charge in [-0.1, -0.05) is 30.7 Å². The van der Waals surface area contributed by atoms with E-state index in [1.54, 1.807) is 0 Å². The third-order valence-electron chi connectivity index (χ3n) is 3.89. The van der Waals surface area contributed by atoms with Gasteiger partial charge in [0.2, 0.25) is 0 Å². The van der Waals surface area contributed by atoms with E-state index in [4.69, 9.17) is 0 Å². The Bertz CT molecular complexity index is 572. The van der Waals surface area contributed by atoms with Crippen molar-refractivity contribution in [2.75, 3.05) is 6.54 Å². The monoisotopic (exact) mass is 285 g/mol. The number of rotatable bonds is 7. The summed E-state index contributed by atoms with van der Waals surface area (Å²) < 4.78 is 1.99. The molecule has 0 aliphatic heterocycles. The van der Waals surface area contributed by atoms with Gasteiger partial charge >= 0.3 is 0 Å². The van der Waals surface area contributed by atoms with Gasteiger partial charge < -0.3 is 5.32 Å². The van der Waals surface area contributed by atoms with E-state index in [1.165, 1.54) is 22.3 Å². The highest BCUT2D eigenvalue weighted by Gasteiger charge is 2.14. The minimum Gasteiger partial charge on any atom is -0.310 e. The van der Waals surface area contributed by atoms with Crippen molar-refractivity contribution in [3.63, 3.8) is 0 Å². The molecule has 0 saturated carbocycles. The number of hydrogen-bond acceptors (Lipinski definition) is 2. The zero-order valence-corrected chi connectivity index (χ0v) is 13.7. The molecule has 1 N–H and O–H groups in total. The van der Waals surface area contributed by atoms with E-state index in [-0.39, 0.29) is 0 Å². The van der Waals surface area contributed by atoms with Crippen LogP contribution in [0, 0.1) is 13.8 Å². The van der Waals surface area contributed by atoms with Gasteiger partial charge in [0.15, 0.2) is 0 Å². The molecule has 0 bridgehead atoms. The molecule has 0 aliphatic carbocycles. The maximum absolute atomic E-state index is 4.39. The van der Waals surface area contributed by atoms with Crippen LogP contribution in [0.2, 0.25) is 0 Å². The standard InChI is InChI=1S/C18H27N3/c1-5-9-19-18(11-16-12-20-21(6-2)13-16)17-8-7-14(3)10-15(17)4/h7-8,10,12-13,18-19H,5-6,9,11H2,1-4H3. The van der Waals surface area contributed by atoms with Crippen molar-refractivity contribution in [2.24, 2.45) is 0 Å². The van der Waals surface area contributed by atoms with E-state index >= 15 is 0 Å². The Hall–Kier alpha value is -1.61. The quantitative estimate of drug-likeness (QED) is 0.838. The summed E-state index contributed by atoms with van der Waals surface area (Å²) in [5, 5.41) is 8.07. The molecule has 0 spiro atoms. The molecule has 1 aromatic carbocycles. The molecule has 114 valence electrons. The van der Waals surface area contributed by atoms with Gasteiger partial charge in [-0.3, -0.25) is 4.68 Å². The van der Waals surface area contributed by atoms with E-state index in [9.17, 15) is 0 Å². The van der Waals surface area contributed by atoms with Gasteiger partial charge in [0.1, 0.15) is 0 Å². The SMILES string of the molecule is CCCNC(Cc1cnn(CC)c1)c1ccc(C)cc1C. The average Bonchev–Trinajstić information content (AvgIpc) is 2.91. The maximum Gasteiger partial charge on any atom is 0.0522 e. The summed E-state index contributed by atoms with van der Waals surface area (Å²) in [5.74, 6) is 0. The van der Waals surface area contributed by atoms with Gasteiger partial charge in [0, 0.05) is 18.8 Å². The lowest BCUT2D eigenvalue weighted by Gasteiger charge is -2.21. The van der Waals surface area contributed by atoms with Crippen molar-refractivity contribution in [2.45, 2.75) is 53.1 Å². The third kappa shape index (κ3) is 4.18. The second-order valence-electron chi connectivity index (χ2n) is 5.78. The molecular weight excluding hydrogens is 258 g/mol. The Morgan fingerprint density at radius 3 is 2.67 bits per heavy atom. The van der Waals surface area contributed by atoms with Crippen LogP contribution in [0.25, 0.3) is 0 Å². The fraction of sp³-hybridized carbons (Fsp3) is 0.500. The molecule has 3 heteroatoms. The zero-order valence-electron chi connectivity index (χ0n) is 13.7. The van der Waals surface area contributed by atoms with E-state index < -0.39 is 0 Å². The smallest absolute Gasteiger partial charge is 0.0522 e. The second kappa shape index (κ2) is 7.41. The third-order valence-corrected chi connectivity index (χ3v) is 3.89. The van der Waals surface area contributed by atoms with Crippen LogP contribution in [0.4, 0.5) is 0 Å². The summed E-state index contributed by atoms with van der Waals surface area (Å²) in [5.41, 5.74) is 5.39. The molecule has 0 saturated heterocycles. The zero-order chi connectivity index (χ0) is 15.2. The molecule has 1 aromatic heterocycles. The van der Waals surface area contributed by atoms with Gasteiger partial charge in [-0.15, -0.1) is 0 Å². The summed E-state index contributed by atoms with van der Waals surface area (Å²) >= 11 is 0. The first-order chi connectivity index (χ1) is 10.1. The van der Waals surface area contributed by atoms with Crippen LogP contribution in [-0.4, -0.2) is 16.3 Å². The number of aryl methyl sites for hydroxylation is 3. The lowest BCUT2D eigenvalue weighted by atomic mass is 9.95. The molecule has 1 atom stereocenters. The molecule has 2 rings (SSSR count). The van der Waals surface area contributed by atoms with Crippen LogP contribution in [0.1, 0.15) is 48.6 Å². The summed E-state index contributed by atoms with van der Waals surface area (Å²) in [6.07, 6.45) is 6.29. The molecule has 2 aromatic rings. The Kier molecular flexibility index (Phi) is 5.57. The molecule has 0 radical (unpaired) electrons. The predicted molar refractivity (Wildman–Crippen MR) is 88.6 cm³/mol.